The summed E-state index contributed by atoms with van der Waals surface area (Å²) in [7, 11) is 0. The van der Waals surface area contributed by atoms with E-state index in [-0.39, 0.29) is 48.2 Å². The predicted octanol–water partition coefficient (Wildman–Crippen LogP) is 4.85. The van der Waals surface area contributed by atoms with Crippen molar-refractivity contribution in [1.82, 2.24) is 0 Å². The lowest BCUT2D eigenvalue weighted by Crippen LogP contribution is -2.40. The average Bonchev–Trinajstić information content (AvgIpc) is 2.94. The minimum absolute atomic E-state index is 0.00487. The molecule has 10 heteroatoms. The van der Waals surface area contributed by atoms with Gasteiger partial charge in [0.25, 0.3) is 0 Å². The van der Waals surface area contributed by atoms with E-state index in [2.05, 4.69) is 13.2 Å². The van der Waals surface area contributed by atoms with Gasteiger partial charge in [-0.3, -0.25) is 0 Å². The van der Waals surface area contributed by atoms with E-state index in [4.69, 9.17) is 28.4 Å². The molecule has 2 saturated carbocycles. The van der Waals surface area contributed by atoms with Gasteiger partial charge in [-0.2, -0.15) is 23.5 Å². The Bertz CT molecular complexity index is 758. The molecular weight excluding hydrogens is 552 g/mol. The van der Waals surface area contributed by atoms with E-state index < -0.39 is 0 Å². The average molecular weight is 601 g/mol. The van der Waals surface area contributed by atoms with Crippen molar-refractivity contribution in [2.75, 3.05) is 62.7 Å². The zero-order valence-electron chi connectivity index (χ0n) is 24.3. The van der Waals surface area contributed by atoms with Gasteiger partial charge in [0.1, 0.15) is 0 Å². The summed E-state index contributed by atoms with van der Waals surface area (Å²) >= 11 is 3.66. The highest BCUT2D eigenvalue weighted by atomic mass is 32.2. The van der Waals surface area contributed by atoms with Crippen LogP contribution in [-0.4, -0.2) is 99.0 Å². The van der Waals surface area contributed by atoms with E-state index in [0.717, 1.165) is 61.5 Å². The number of fused-ring (bicyclic) bond motifs is 2. The van der Waals surface area contributed by atoms with Gasteiger partial charge in [0.15, 0.2) is 0 Å². The van der Waals surface area contributed by atoms with Gasteiger partial charge in [0.2, 0.25) is 0 Å². The molecular formula is C30H48O8S2. The molecule has 0 amide bonds. The van der Waals surface area contributed by atoms with Crippen molar-refractivity contribution in [3.63, 3.8) is 0 Å². The summed E-state index contributed by atoms with van der Waals surface area (Å²) in [5.74, 6) is 3.45. The molecule has 1 heterocycles. The quantitative estimate of drug-likeness (QED) is 0.312. The molecule has 0 aromatic heterocycles. The van der Waals surface area contributed by atoms with Crippen molar-refractivity contribution in [3.8, 4) is 0 Å². The molecule has 0 bridgehead atoms. The van der Waals surface area contributed by atoms with E-state index in [9.17, 15) is 9.59 Å². The zero-order chi connectivity index (χ0) is 28.7. The Kier molecular flexibility index (Phi) is 15.5. The summed E-state index contributed by atoms with van der Waals surface area (Å²) in [6.07, 6.45) is 5.54. The second-order valence-electron chi connectivity index (χ2n) is 11.0. The van der Waals surface area contributed by atoms with Crippen LogP contribution in [0.5, 0.6) is 0 Å². The van der Waals surface area contributed by atoms with Crippen LogP contribution >= 0.6 is 23.5 Å². The van der Waals surface area contributed by atoms with Crippen LogP contribution in [-0.2, 0) is 38.0 Å². The number of carbonyl (C=O) groups is 2. The smallest absolute Gasteiger partial charge is 0.333 e. The summed E-state index contributed by atoms with van der Waals surface area (Å²) < 4.78 is 36.0. The topological polar surface area (TPSA) is 89.5 Å². The van der Waals surface area contributed by atoms with E-state index in [1.807, 2.05) is 23.5 Å². The minimum Gasteiger partial charge on any atom is -0.462 e. The molecule has 3 rings (SSSR count). The van der Waals surface area contributed by atoms with Crippen LogP contribution < -0.4 is 0 Å². The van der Waals surface area contributed by atoms with Crippen molar-refractivity contribution in [2.24, 2.45) is 11.8 Å². The molecule has 1 saturated heterocycles. The van der Waals surface area contributed by atoms with E-state index >= 15 is 0 Å². The molecule has 228 valence electrons. The molecule has 1 aliphatic heterocycles. The summed E-state index contributed by atoms with van der Waals surface area (Å²) in [5.41, 5.74) is 0.854. The summed E-state index contributed by atoms with van der Waals surface area (Å²) in [6.45, 7) is 14.1. The van der Waals surface area contributed by atoms with Gasteiger partial charge in [0, 0.05) is 34.2 Å². The molecule has 0 radical (unpaired) electrons. The first kappa shape index (κ1) is 33.5. The highest BCUT2D eigenvalue weighted by Gasteiger charge is 2.34. The largest absolute Gasteiger partial charge is 0.462 e. The first-order valence-electron chi connectivity index (χ1n) is 14.6. The number of hydrogen-bond acceptors (Lipinski definition) is 10. The Balaban J connectivity index is 1.46. The fourth-order valence-corrected chi connectivity index (χ4v) is 6.54. The molecule has 3 fully saturated rings. The number of hydrogen-bond donors (Lipinski definition) is 0. The maximum Gasteiger partial charge on any atom is 0.333 e. The van der Waals surface area contributed by atoms with Crippen LogP contribution in [0.25, 0.3) is 0 Å². The normalized spacial score (nSPS) is 31.4. The maximum atomic E-state index is 11.8. The van der Waals surface area contributed by atoms with Crippen LogP contribution in [0.3, 0.4) is 0 Å². The Morgan fingerprint density at radius 2 is 0.975 bits per heavy atom. The number of carbonyl (C=O) groups excluding carboxylic acids is 2. The summed E-state index contributed by atoms with van der Waals surface area (Å²) in [4.78, 5) is 23.7. The third-order valence-electron chi connectivity index (χ3n) is 7.52. The van der Waals surface area contributed by atoms with Crippen molar-refractivity contribution >= 4 is 35.5 Å². The molecule has 0 aromatic carbocycles. The van der Waals surface area contributed by atoms with E-state index in [0.29, 0.717) is 50.8 Å². The monoisotopic (exact) mass is 600 g/mol. The molecule has 6 unspecified atom stereocenters. The Labute approximate surface area is 248 Å². The first-order chi connectivity index (χ1) is 19.3. The van der Waals surface area contributed by atoms with Gasteiger partial charge in [-0.15, -0.1) is 0 Å². The van der Waals surface area contributed by atoms with Gasteiger partial charge in [-0.1, -0.05) is 13.2 Å². The van der Waals surface area contributed by atoms with Crippen LogP contribution in [0.15, 0.2) is 24.3 Å². The fraction of sp³-hybridized carbons (Fsp3) is 0.800. The second-order valence-corrected chi connectivity index (χ2v) is 13.4. The highest BCUT2D eigenvalue weighted by molar-refractivity contribution is 7.99. The van der Waals surface area contributed by atoms with Crippen molar-refractivity contribution in [1.29, 1.82) is 0 Å². The third-order valence-corrected chi connectivity index (χ3v) is 9.34. The van der Waals surface area contributed by atoms with Crippen LogP contribution in [0.2, 0.25) is 0 Å². The molecule has 3 aliphatic rings. The molecule has 0 spiro atoms. The standard InChI is InChI=1S/C30H48O8S2/c1-21(2)29(31)37-19-23-5-7-25-27(17-23)35-11-15-40-16-12-36-28-18-24(20-38-30(32)22(3)4)6-8-26(28)34-10-14-39-13-9-33-25/h23-28H,1,3,5-20H2,2,4H3. The summed E-state index contributed by atoms with van der Waals surface area (Å²) in [6, 6.07) is 0. The molecule has 40 heavy (non-hydrogen) atoms. The zero-order valence-corrected chi connectivity index (χ0v) is 25.9. The Hall–Kier alpha value is -1.04. The van der Waals surface area contributed by atoms with Crippen molar-refractivity contribution in [2.45, 2.75) is 76.8 Å². The van der Waals surface area contributed by atoms with Gasteiger partial charge in [0.05, 0.1) is 64.1 Å². The molecule has 0 aromatic rings. The third kappa shape index (κ3) is 12.1. The van der Waals surface area contributed by atoms with Crippen molar-refractivity contribution in [3.05, 3.63) is 24.3 Å². The molecule has 2 aliphatic carbocycles. The predicted molar refractivity (Wildman–Crippen MR) is 160 cm³/mol. The Morgan fingerprint density at radius 1 is 0.625 bits per heavy atom. The SMILES string of the molecule is C=C(C)C(=O)OCC1CCC2OCCSCCOC3CCC(COC(=O)C(=C)C)CC3OCCSCCOC2C1. The number of rotatable bonds is 6. The first-order valence-corrected chi connectivity index (χ1v) is 16.9. The van der Waals surface area contributed by atoms with Crippen LogP contribution in [0, 0.1) is 11.8 Å². The lowest BCUT2D eigenvalue weighted by atomic mass is 9.85. The van der Waals surface area contributed by atoms with Gasteiger partial charge < -0.3 is 28.4 Å². The van der Waals surface area contributed by atoms with Gasteiger partial charge >= 0.3 is 11.9 Å². The fourth-order valence-electron chi connectivity index (χ4n) is 5.27. The Morgan fingerprint density at radius 3 is 1.32 bits per heavy atom. The van der Waals surface area contributed by atoms with E-state index in [1.54, 1.807) is 13.8 Å². The summed E-state index contributed by atoms with van der Waals surface area (Å²) in [5, 5.41) is 0. The lowest BCUT2D eigenvalue weighted by molar-refractivity contribution is -0.144. The van der Waals surface area contributed by atoms with Crippen LogP contribution in [0.1, 0.15) is 52.4 Å². The molecule has 8 nitrogen and oxygen atoms in total. The van der Waals surface area contributed by atoms with E-state index in [1.165, 1.54) is 0 Å². The second kappa shape index (κ2) is 18.5. The number of thioether (sulfide) groups is 2. The van der Waals surface area contributed by atoms with Gasteiger partial charge in [-0.05, 0) is 64.2 Å². The van der Waals surface area contributed by atoms with Gasteiger partial charge in [-0.25, -0.2) is 9.59 Å². The number of esters is 2. The van der Waals surface area contributed by atoms with Crippen LogP contribution in [0.4, 0.5) is 0 Å². The molecule has 6 atom stereocenters. The molecule has 0 N–H and O–H groups in total. The maximum absolute atomic E-state index is 11.8. The lowest BCUT2D eigenvalue weighted by Gasteiger charge is -2.36. The number of ether oxygens (including phenoxy) is 6. The highest BCUT2D eigenvalue weighted by Crippen LogP contribution is 2.31. The van der Waals surface area contributed by atoms with Crippen molar-refractivity contribution < 1.29 is 38.0 Å². The minimum atomic E-state index is -0.329.